The van der Waals surface area contributed by atoms with Crippen LogP contribution in [0.3, 0.4) is 0 Å². The quantitative estimate of drug-likeness (QED) is 0.897. The summed E-state index contributed by atoms with van der Waals surface area (Å²) in [6.07, 6.45) is 4.19. The predicted molar refractivity (Wildman–Crippen MR) is 85.3 cm³/mol. The second kappa shape index (κ2) is 6.60. The van der Waals surface area contributed by atoms with Crippen LogP contribution >= 0.6 is 0 Å². The lowest BCUT2D eigenvalue weighted by molar-refractivity contribution is -0.148. The normalized spacial score (nSPS) is 30.5. The zero-order valence-corrected chi connectivity index (χ0v) is 13.1. The molecule has 23 heavy (non-hydrogen) atoms. The summed E-state index contributed by atoms with van der Waals surface area (Å²) < 4.78 is 0. The van der Waals surface area contributed by atoms with Gasteiger partial charge in [0, 0.05) is 6.04 Å². The minimum Gasteiger partial charge on any atom is -0.480 e. The van der Waals surface area contributed by atoms with Crippen molar-refractivity contribution in [3.05, 3.63) is 35.9 Å². The Hall–Kier alpha value is -2.04. The first-order valence-corrected chi connectivity index (χ1v) is 8.36. The molecule has 1 amide bonds. The number of nitrogens with zero attached hydrogens (tertiary/aromatic N) is 1. The molecule has 1 saturated carbocycles. The first-order valence-electron chi connectivity index (χ1n) is 8.36. The van der Waals surface area contributed by atoms with Crippen molar-refractivity contribution in [3.8, 4) is 0 Å². The molecule has 1 aromatic carbocycles. The molecule has 1 saturated heterocycles. The van der Waals surface area contributed by atoms with Gasteiger partial charge < -0.3 is 10.2 Å². The van der Waals surface area contributed by atoms with E-state index in [2.05, 4.69) is 0 Å². The van der Waals surface area contributed by atoms with Gasteiger partial charge in [0.25, 0.3) is 0 Å². The zero-order valence-electron chi connectivity index (χ0n) is 13.1. The van der Waals surface area contributed by atoms with Crippen LogP contribution in [0.15, 0.2) is 30.3 Å². The second-order valence-electron chi connectivity index (χ2n) is 6.75. The molecule has 0 radical (unpaired) electrons. The van der Waals surface area contributed by atoms with Gasteiger partial charge in [0.2, 0.25) is 0 Å². The number of carboxylic acids is 1. The summed E-state index contributed by atoms with van der Waals surface area (Å²) in [5.41, 5.74) is 1.07. The lowest BCUT2D eigenvalue weighted by Gasteiger charge is -2.49. The topological polar surface area (TPSA) is 77.8 Å². The van der Waals surface area contributed by atoms with Gasteiger partial charge in [0.05, 0.1) is 0 Å². The Bertz CT molecular complexity index is 574. The Balaban J connectivity index is 1.93. The fourth-order valence-corrected chi connectivity index (χ4v) is 4.47. The van der Waals surface area contributed by atoms with Crippen LogP contribution in [-0.2, 0) is 11.2 Å². The van der Waals surface area contributed by atoms with E-state index in [9.17, 15) is 19.8 Å². The Labute approximate surface area is 135 Å². The van der Waals surface area contributed by atoms with Crippen molar-refractivity contribution < 1.29 is 19.8 Å². The maximum atomic E-state index is 11.8. The van der Waals surface area contributed by atoms with Crippen LogP contribution in [0.5, 0.6) is 0 Å². The van der Waals surface area contributed by atoms with Crippen LogP contribution in [0.2, 0.25) is 0 Å². The van der Waals surface area contributed by atoms with Crippen LogP contribution in [0.4, 0.5) is 4.79 Å². The lowest BCUT2D eigenvalue weighted by Crippen LogP contribution is -2.60. The first-order chi connectivity index (χ1) is 11.1. The average Bonchev–Trinajstić information content (AvgIpc) is 2.55. The molecule has 124 valence electrons. The maximum Gasteiger partial charge on any atom is 0.408 e. The van der Waals surface area contributed by atoms with E-state index in [0.717, 1.165) is 31.2 Å². The molecule has 3 rings (SSSR count). The molecule has 5 heteroatoms. The molecule has 5 nitrogen and oxygen atoms in total. The lowest BCUT2D eigenvalue weighted by atomic mass is 9.68. The highest BCUT2D eigenvalue weighted by atomic mass is 16.4. The molecule has 2 N–H and O–H groups in total. The van der Waals surface area contributed by atoms with Crippen LogP contribution in [0.25, 0.3) is 0 Å². The molecular weight excluding hydrogens is 294 g/mol. The van der Waals surface area contributed by atoms with Crippen molar-refractivity contribution in [1.82, 2.24) is 4.90 Å². The molecule has 2 aliphatic rings. The van der Waals surface area contributed by atoms with Crippen LogP contribution in [0, 0.1) is 11.8 Å². The number of aliphatic carboxylic acids is 1. The maximum absolute atomic E-state index is 11.8. The third kappa shape index (κ3) is 3.19. The summed E-state index contributed by atoms with van der Waals surface area (Å²) in [4.78, 5) is 24.7. The molecule has 3 unspecified atom stereocenters. The summed E-state index contributed by atoms with van der Waals surface area (Å²) in [6, 6.07) is 8.63. The molecule has 0 bridgehead atoms. The fourth-order valence-electron chi connectivity index (χ4n) is 4.47. The zero-order chi connectivity index (χ0) is 16.4. The van der Waals surface area contributed by atoms with Gasteiger partial charge in [-0.25, -0.2) is 9.59 Å². The van der Waals surface area contributed by atoms with E-state index in [1.807, 2.05) is 30.3 Å². The highest BCUT2D eigenvalue weighted by Crippen LogP contribution is 2.43. The SMILES string of the molecule is O=C(O)[C@@H]1CC2CCCCC2C(Cc2ccccc2)N1C(=O)O. The van der Waals surface area contributed by atoms with E-state index in [4.69, 9.17) is 0 Å². The van der Waals surface area contributed by atoms with Gasteiger partial charge in [-0.1, -0.05) is 49.6 Å². The number of likely N-dealkylation sites (tertiary alicyclic amines) is 1. The van der Waals surface area contributed by atoms with Gasteiger partial charge >= 0.3 is 12.1 Å². The third-order valence-electron chi connectivity index (χ3n) is 5.47. The van der Waals surface area contributed by atoms with E-state index in [1.54, 1.807) is 0 Å². The van der Waals surface area contributed by atoms with Crippen molar-refractivity contribution in [2.24, 2.45) is 11.8 Å². The van der Waals surface area contributed by atoms with E-state index in [-0.39, 0.29) is 12.0 Å². The number of amides is 1. The monoisotopic (exact) mass is 317 g/mol. The van der Waals surface area contributed by atoms with Gasteiger partial charge in [0.15, 0.2) is 0 Å². The number of carbonyl (C=O) groups is 2. The Morgan fingerprint density at radius 2 is 1.78 bits per heavy atom. The van der Waals surface area contributed by atoms with Crippen molar-refractivity contribution in [2.75, 3.05) is 0 Å². The highest BCUT2D eigenvalue weighted by molar-refractivity contribution is 5.80. The smallest absolute Gasteiger partial charge is 0.408 e. The minimum absolute atomic E-state index is 0.241. The standard InChI is InChI=1S/C18H23NO4/c20-17(21)16-11-13-8-4-5-9-14(13)15(19(16)18(22)23)10-12-6-2-1-3-7-12/h1-3,6-7,13-16H,4-5,8-11H2,(H,20,21)(H,22,23)/t13?,14?,15?,16-/m0/s1. The van der Waals surface area contributed by atoms with Gasteiger partial charge in [-0.3, -0.25) is 4.90 Å². The van der Waals surface area contributed by atoms with E-state index < -0.39 is 18.1 Å². The predicted octanol–water partition coefficient (Wildman–Crippen LogP) is 3.24. The van der Waals surface area contributed by atoms with E-state index >= 15 is 0 Å². The summed E-state index contributed by atoms with van der Waals surface area (Å²) in [7, 11) is 0. The average molecular weight is 317 g/mol. The van der Waals surface area contributed by atoms with Crippen LogP contribution < -0.4 is 0 Å². The van der Waals surface area contributed by atoms with Crippen molar-refractivity contribution >= 4 is 12.1 Å². The number of fused-ring (bicyclic) bond motifs is 1. The number of benzene rings is 1. The molecule has 1 aliphatic carbocycles. The molecule has 4 atom stereocenters. The number of hydrogen-bond donors (Lipinski definition) is 2. The van der Waals surface area contributed by atoms with E-state index in [1.165, 1.54) is 4.90 Å². The summed E-state index contributed by atoms with van der Waals surface area (Å²) in [6.45, 7) is 0. The molecular formula is C18H23NO4. The first kappa shape index (κ1) is 15.8. The fraction of sp³-hybridized carbons (Fsp3) is 0.556. The Morgan fingerprint density at radius 3 is 2.43 bits per heavy atom. The summed E-state index contributed by atoms with van der Waals surface area (Å²) in [5.74, 6) is -0.417. The molecule has 1 aliphatic heterocycles. The van der Waals surface area contributed by atoms with Crippen molar-refractivity contribution in [1.29, 1.82) is 0 Å². The number of rotatable bonds is 3. The number of carboxylic acid groups (broad SMARTS) is 2. The Kier molecular flexibility index (Phi) is 4.55. The van der Waals surface area contributed by atoms with Crippen molar-refractivity contribution in [3.63, 3.8) is 0 Å². The van der Waals surface area contributed by atoms with Gasteiger partial charge in [-0.05, 0) is 36.7 Å². The minimum atomic E-state index is -1.11. The van der Waals surface area contributed by atoms with E-state index in [0.29, 0.717) is 18.8 Å². The van der Waals surface area contributed by atoms with Gasteiger partial charge in [-0.15, -0.1) is 0 Å². The molecule has 0 aromatic heterocycles. The van der Waals surface area contributed by atoms with Crippen LogP contribution in [-0.4, -0.2) is 39.3 Å². The molecule has 1 heterocycles. The van der Waals surface area contributed by atoms with Gasteiger partial charge in [0.1, 0.15) is 6.04 Å². The molecule has 1 aromatic rings. The molecule has 0 spiro atoms. The Morgan fingerprint density at radius 1 is 1.09 bits per heavy atom. The van der Waals surface area contributed by atoms with Gasteiger partial charge in [-0.2, -0.15) is 0 Å². The third-order valence-corrected chi connectivity index (χ3v) is 5.47. The highest BCUT2D eigenvalue weighted by Gasteiger charge is 2.48. The van der Waals surface area contributed by atoms with Crippen LogP contribution in [0.1, 0.15) is 37.7 Å². The summed E-state index contributed by atoms with van der Waals surface area (Å²) in [5, 5.41) is 19.2. The summed E-state index contributed by atoms with van der Waals surface area (Å²) >= 11 is 0. The molecule has 2 fully saturated rings. The second-order valence-corrected chi connectivity index (χ2v) is 6.75. The number of hydrogen-bond acceptors (Lipinski definition) is 2. The largest absolute Gasteiger partial charge is 0.480 e. The number of piperidine rings is 1. The van der Waals surface area contributed by atoms with Crippen molar-refractivity contribution in [2.45, 2.75) is 50.6 Å².